The van der Waals surface area contributed by atoms with Crippen LogP contribution in [-0.2, 0) is 29.7 Å². The Morgan fingerprint density at radius 1 is 1.24 bits per heavy atom. The highest BCUT2D eigenvalue weighted by atomic mass is 19.1. The van der Waals surface area contributed by atoms with Gasteiger partial charge in [0.05, 0.1) is 29.8 Å². The molecule has 10 nitrogen and oxygen atoms in total. The second-order valence-electron chi connectivity index (χ2n) is 12.1. The van der Waals surface area contributed by atoms with Crippen LogP contribution in [0.5, 0.6) is 11.8 Å². The summed E-state index contributed by atoms with van der Waals surface area (Å²) in [5.41, 5.74) is 3.74. The van der Waals surface area contributed by atoms with Crippen LogP contribution in [0.2, 0.25) is 0 Å². The number of amides is 1. The summed E-state index contributed by atoms with van der Waals surface area (Å²) in [5, 5.41) is 20.1. The highest BCUT2D eigenvalue weighted by molar-refractivity contribution is 5.91. The first-order valence-corrected chi connectivity index (χ1v) is 14.7. The van der Waals surface area contributed by atoms with Crippen molar-refractivity contribution >= 4 is 11.7 Å². The number of hydrogen-bond acceptors (Lipinski definition) is 9. The largest absolute Gasteiger partial charge is 0.508 e. The minimum Gasteiger partial charge on any atom is -0.508 e. The number of nitrogens with zero attached hydrogens (tertiary/aromatic N) is 7. The van der Waals surface area contributed by atoms with Crippen molar-refractivity contribution in [3.63, 3.8) is 0 Å². The van der Waals surface area contributed by atoms with E-state index in [9.17, 15) is 19.6 Å². The van der Waals surface area contributed by atoms with Crippen LogP contribution in [0.25, 0.3) is 0 Å². The number of aromatic nitrogens is 2. The van der Waals surface area contributed by atoms with Crippen LogP contribution in [0, 0.1) is 11.3 Å². The molecule has 1 aliphatic carbocycles. The molecule has 2 aromatic rings. The number of benzene rings is 1. The van der Waals surface area contributed by atoms with Gasteiger partial charge in [0.2, 0.25) is 0 Å². The van der Waals surface area contributed by atoms with Gasteiger partial charge >= 0.3 is 6.01 Å². The van der Waals surface area contributed by atoms with Crippen LogP contribution < -0.4 is 9.64 Å². The summed E-state index contributed by atoms with van der Waals surface area (Å²) < 4.78 is 20.1. The summed E-state index contributed by atoms with van der Waals surface area (Å²) in [4.78, 5) is 30.6. The number of piperazine rings is 1. The molecule has 2 fully saturated rings. The molecule has 1 amide bonds. The van der Waals surface area contributed by atoms with Crippen molar-refractivity contribution in [3.8, 4) is 17.8 Å². The number of carbonyl (C=O) groups excluding carboxylic acids is 1. The van der Waals surface area contributed by atoms with E-state index in [2.05, 4.69) is 47.5 Å². The van der Waals surface area contributed by atoms with Gasteiger partial charge in [-0.05, 0) is 63.5 Å². The number of aromatic hydroxyl groups is 1. The number of hydrogen-bond donors (Lipinski definition) is 1. The van der Waals surface area contributed by atoms with E-state index in [0.29, 0.717) is 50.5 Å². The molecular formula is C31H38FN7O3. The maximum Gasteiger partial charge on any atom is 0.318 e. The van der Waals surface area contributed by atoms with Crippen molar-refractivity contribution in [3.05, 3.63) is 53.0 Å². The minimum absolute atomic E-state index is 0.0729. The van der Waals surface area contributed by atoms with E-state index >= 15 is 0 Å². The lowest BCUT2D eigenvalue weighted by Crippen LogP contribution is -2.56. The first kappa shape index (κ1) is 28.4. The molecule has 1 spiro atoms. The number of likely N-dealkylation sites (tertiary alicyclic amines) is 1. The lowest BCUT2D eigenvalue weighted by Gasteiger charge is -2.46. The van der Waals surface area contributed by atoms with Crippen molar-refractivity contribution in [2.24, 2.45) is 0 Å². The van der Waals surface area contributed by atoms with Crippen molar-refractivity contribution in [1.29, 1.82) is 5.26 Å². The quantitative estimate of drug-likeness (QED) is 0.520. The number of phenols is 1. The highest BCUT2D eigenvalue weighted by Crippen LogP contribution is 2.50. The molecule has 1 N–H and O–H groups in total. The van der Waals surface area contributed by atoms with Crippen LogP contribution >= 0.6 is 0 Å². The fraction of sp³-hybridized carbons (Fsp3) is 0.548. The van der Waals surface area contributed by atoms with E-state index in [1.807, 2.05) is 6.07 Å². The normalized spacial score (nSPS) is 25.8. The van der Waals surface area contributed by atoms with Gasteiger partial charge in [0, 0.05) is 44.2 Å². The number of halogens is 1. The molecule has 1 unspecified atom stereocenters. The Labute approximate surface area is 246 Å². The van der Waals surface area contributed by atoms with Gasteiger partial charge in [-0.25, -0.2) is 4.39 Å². The van der Waals surface area contributed by atoms with E-state index in [4.69, 9.17) is 14.7 Å². The van der Waals surface area contributed by atoms with E-state index in [1.54, 1.807) is 6.07 Å². The summed E-state index contributed by atoms with van der Waals surface area (Å²) >= 11 is 0. The molecule has 3 atom stereocenters. The first-order valence-electron chi connectivity index (χ1n) is 14.7. The minimum atomic E-state index is -1.02. The van der Waals surface area contributed by atoms with E-state index in [1.165, 1.54) is 4.90 Å². The molecular weight excluding hydrogens is 537 g/mol. The number of carbonyl (C=O) groups is 1. The predicted molar refractivity (Wildman–Crippen MR) is 155 cm³/mol. The zero-order valence-corrected chi connectivity index (χ0v) is 24.4. The number of fused-ring (bicyclic) bond motifs is 3. The Balaban J connectivity index is 1.36. The maximum atomic E-state index is 13.8. The van der Waals surface area contributed by atoms with Crippen LogP contribution in [0.1, 0.15) is 48.1 Å². The average Bonchev–Trinajstić information content (AvgIpc) is 3.56. The predicted octanol–water partition coefficient (Wildman–Crippen LogP) is 2.90. The smallest absolute Gasteiger partial charge is 0.318 e. The lowest BCUT2D eigenvalue weighted by molar-refractivity contribution is -0.131. The summed E-state index contributed by atoms with van der Waals surface area (Å²) in [7, 11) is 4.21. The molecule has 0 bridgehead atoms. The third kappa shape index (κ3) is 4.86. The van der Waals surface area contributed by atoms with Gasteiger partial charge in [-0.3, -0.25) is 9.69 Å². The molecule has 3 aliphatic heterocycles. The third-order valence-electron chi connectivity index (χ3n) is 9.76. The lowest BCUT2D eigenvalue weighted by atomic mass is 9.81. The zero-order chi connectivity index (χ0) is 29.6. The second-order valence-corrected chi connectivity index (χ2v) is 12.1. The van der Waals surface area contributed by atoms with Crippen molar-refractivity contribution in [2.75, 3.05) is 51.8 Å². The molecule has 4 heterocycles. The molecule has 11 heteroatoms. The van der Waals surface area contributed by atoms with Gasteiger partial charge in [-0.15, -0.1) is 0 Å². The number of rotatable bonds is 6. The Hall–Kier alpha value is -3.75. The summed E-state index contributed by atoms with van der Waals surface area (Å²) in [6.07, 6.45) is 4.58. The molecule has 0 radical (unpaired) electrons. The Kier molecular flexibility index (Phi) is 7.53. The van der Waals surface area contributed by atoms with Gasteiger partial charge in [-0.2, -0.15) is 15.2 Å². The number of anilines is 1. The summed E-state index contributed by atoms with van der Waals surface area (Å²) in [6.45, 7) is 6.33. The van der Waals surface area contributed by atoms with Gasteiger partial charge in [0.25, 0.3) is 5.91 Å². The molecule has 0 saturated carbocycles. The fourth-order valence-corrected chi connectivity index (χ4v) is 7.36. The standard InChI is InChI=1S/C31H38FN7O3/c1-20(32)29(41)39-15-14-38(17-21(39)10-12-33)28-24-18-37(3)31(11-9-23-25(31)7-4-8-27(23)40)16-26(24)34-30(35-28)42-19-22-6-5-13-36(22)2/h4,7-8,21-22,40H,1,5-6,9-11,13-19H2,2-3H3/t21-,22-,31?/m0/s1. The van der Waals surface area contributed by atoms with Crippen molar-refractivity contribution in [1.82, 2.24) is 24.7 Å². The van der Waals surface area contributed by atoms with E-state index in [-0.39, 0.29) is 18.5 Å². The van der Waals surface area contributed by atoms with Crippen molar-refractivity contribution in [2.45, 2.75) is 62.7 Å². The average molecular weight is 576 g/mol. The first-order chi connectivity index (χ1) is 20.2. The topological polar surface area (TPSA) is 109 Å². The summed E-state index contributed by atoms with van der Waals surface area (Å²) in [5.74, 6) is -0.717. The third-order valence-corrected chi connectivity index (χ3v) is 9.76. The van der Waals surface area contributed by atoms with Gasteiger partial charge in [-0.1, -0.05) is 18.7 Å². The molecule has 42 heavy (non-hydrogen) atoms. The molecule has 6 rings (SSSR count). The zero-order valence-electron chi connectivity index (χ0n) is 24.4. The Bertz CT molecular complexity index is 1440. The second kappa shape index (κ2) is 11.2. The maximum absolute atomic E-state index is 13.8. The number of phenolic OH excluding ortho intramolecular Hbond substituents is 1. The van der Waals surface area contributed by atoms with E-state index in [0.717, 1.165) is 60.4 Å². The highest BCUT2D eigenvalue weighted by Gasteiger charge is 2.47. The van der Waals surface area contributed by atoms with Gasteiger partial charge < -0.3 is 24.5 Å². The molecule has 1 aromatic carbocycles. The number of likely N-dealkylation sites (N-methyl/N-ethyl adjacent to an activating group) is 2. The Morgan fingerprint density at radius 2 is 2.07 bits per heavy atom. The molecule has 222 valence electrons. The van der Waals surface area contributed by atoms with Crippen LogP contribution in [0.4, 0.5) is 10.2 Å². The van der Waals surface area contributed by atoms with Crippen LogP contribution in [0.15, 0.2) is 30.6 Å². The monoisotopic (exact) mass is 575 g/mol. The Morgan fingerprint density at radius 3 is 2.81 bits per heavy atom. The molecule has 2 saturated heterocycles. The SMILES string of the molecule is C=C(F)C(=O)N1CCN(c2nc(OC[C@@H]3CCCN3C)nc3c2CN(C)C2(CCc4c(O)cccc42)C3)C[C@@H]1CC#N. The van der Waals surface area contributed by atoms with Gasteiger partial charge in [0.1, 0.15) is 18.2 Å². The van der Waals surface area contributed by atoms with Crippen LogP contribution in [-0.4, -0.2) is 94.6 Å². The van der Waals surface area contributed by atoms with E-state index < -0.39 is 17.8 Å². The molecule has 4 aliphatic rings. The van der Waals surface area contributed by atoms with Crippen LogP contribution in [0.3, 0.4) is 0 Å². The molecule has 1 aromatic heterocycles. The fourth-order valence-electron chi connectivity index (χ4n) is 7.36. The number of nitriles is 1. The van der Waals surface area contributed by atoms with Gasteiger partial charge in [0.15, 0.2) is 5.83 Å². The number of ether oxygens (including phenoxy) is 1. The van der Waals surface area contributed by atoms with Crippen molar-refractivity contribution < 1.29 is 19.0 Å². The summed E-state index contributed by atoms with van der Waals surface area (Å²) in [6, 6.07) is 8.06.